The predicted molar refractivity (Wildman–Crippen MR) is 123 cm³/mol. The van der Waals surface area contributed by atoms with Gasteiger partial charge < -0.3 is 24.4 Å². The van der Waals surface area contributed by atoms with E-state index in [1.165, 1.54) is 0 Å². The molecule has 1 saturated carbocycles. The van der Waals surface area contributed by atoms with E-state index in [9.17, 15) is 9.59 Å². The van der Waals surface area contributed by atoms with Gasteiger partial charge in [0.2, 0.25) is 5.88 Å². The van der Waals surface area contributed by atoms with Gasteiger partial charge in [0.05, 0.1) is 24.8 Å². The van der Waals surface area contributed by atoms with E-state index in [1.807, 2.05) is 31.7 Å². The summed E-state index contributed by atoms with van der Waals surface area (Å²) in [5.41, 5.74) is 1.70. The topological polar surface area (TPSA) is 90.0 Å². The van der Waals surface area contributed by atoms with E-state index in [0.717, 1.165) is 49.7 Å². The summed E-state index contributed by atoms with van der Waals surface area (Å²) in [6, 6.07) is 1.52. The molecule has 33 heavy (non-hydrogen) atoms. The number of alkyl carbamates (subject to hydrolysis) is 1. The summed E-state index contributed by atoms with van der Waals surface area (Å²) in [6.07, 6.45) is 6.95. The molecular formula is C25H37N3O5. The fourth-order valence-corrected chi connectivity index (χ4v) is 5.32. The summed E-state index contributed by atoms with van der Waals surface area (Å²) < 4.78 is 17.8. The molecule has 2 unspecified atom stereocenters. The standard InChI is InChI=1S/C25H37N3O5/c1-16-11-12-26-23-22(16)17-7-9-18(10-8-17)31-14-20-19(27-24(30)33-25(2,3)4)6-5-13-28(20)21(29)15-32-23/h11-12,17-20H,5-10,13-15H2,1-4H3,(H,27,30)/t17-,18+,19?,20?. The maximum absolute atomic E-state index is 13.3. The molecule has 1 aliphatic carbocycles. The summed E-state index contributed by atoms with van der Waals surface area (Å²) in [5.74, 6) is 0.831. The Bertz CT molecular complexity index is 860. The van der Waals surface area contributed by atoms with Crippen LogP contribution < -0.4 is 10.1 Å². The van der Waals surface area contributed by atoms with Gasteiger partial charge in [0.15, 0.2) is 6.61 Å². The lowest BCUT2D eigenvalue weighted by atomic mass is 9.81. The minimum atomic E-state index is -0.583. The van der Waals surface area contributed by atoms with Gasteiger partial charge in [0, 0.05) is 18.3 Å². The molecule has 1 aromatic rings. The van der Waals surface area contributed by atoms with Crippen molar-refractivity contribution >= 4 is 12.0 Å². The van der Waals surface area contributed by atoms with E-state index in [-0.39, 0.29) is 30.7 Å². The minimum absolute atomic E-state index is 0.0741. The number of rotatable bonds is 1. The normalized spacial score (nSPS) is 28.4. The van der Waals surface area contributed by atoms with Gasteiger partial charge in [-0.15, -0.1) is 0 Å². The van der Waals surface area contributed by atoms with E-state index in [4.69, 9.17) is 14.2 Å². The third-order valence-electron chi connectivity index (χ3n) is 6.89. The van der Waals surface area contributed by atoms with Gasteiger partial charge >= 0.3 is 6.09 Å². The molecule has 5 rings (SSSR count). The molecule has 1 N–H and O–H groups in total. The lowest BCUT2D eigenvalue weighted by Gasteiger charge is -2.42. The van der Waals surface area contributed by atoms with E-state index < -0.39 is 11.7 Å². The number of aromatic nitrogens is 1. The molecule has 3 aliphatic heterocycles. The van der Waals surface area contributed by atoms with Crippen LogP contribution in [0.4, 0.5) is 4.79 Å². The van der Waals surface area contributed by atoms with E-state index in [2.05, 4.69) is 17.2 Å². The number of piperidine rings is 1. The predicted octanol–water partition coefficient (Wildman–Crippen LogP) is 3.71. The first-order valence-corrected chi connectivity index (χ1v) is 12.2. The molecular weight excluding hydrogens is 422 g/mol. The van der Waals surface area contributed by atoms with Crippen molar-refractivity contribution < 1.29 is 23.8 Å². The first-order chi connectivity index (χ1) is 15.7. The highest BCUT2D eigenvalue weighted by Gasteiger charge is 2.38. The van der Waals surface area contributed by atoms with Crippen molar-refractivity contribution in [2.24, 2.45) is 0 Å². The number of nitrogens with one attached hydrogen (secondary N) is 1. The highest BCUT2D eigenvalue weighted by molar-refractivity contribution is 5.78. The number of amides is 2. The quantitative estimate of drug-likeness (QED) is 0.689. The Morgan fingerprint density at radius 3 is 2.70 bits per heavy atom. The second-order valence-electron chi connectivity index (χ2n) is 10.5. The molecule has 2 amide bonds. The summed E-state index contributed by atoms with van der Waals surface area (Å²) in [4.78, 5) is 32.0. The Morgan fingerprint density at radius 1 is 1.21 bits per heavy atom. The molecule has 4 heterocycles. The fraction of sp³-hybridized carbons (Fsp3) is 0.720. The van der Waals surface area contributed by atoms with Crippen LogP contribution in [0.3, 0.4) is 0 Å². The maximum atomic E-state index is 13.3. The number of ether oxygens (including phenoxy) is 3. The Morgan fingerprint density at radius 2 is 1.97 bits per heavy atom. The smallest absolute Gasteiger partial charge is 0.407 e. The van der Waals surface area contributed by atoms with Gasteiger partial charge in [0.25, 0.3) is 5.91 Å². The summed E-state index contributed by atoms with van der Waals surface area (Å²) in [7, 11) is 0. The van der Waals surface area contributed by atoms with E-state index in [1.54, 1.807) is 6.20 Å². The van der Waals surface area contributed by atoms with Crippen LogP contribution in [0.15, 0.2) is 12.3 Å². The Kier molecular flexibility index (Phi) is 7.12. The number of hydrogen-bond acceptors (Lipinski definition) is 6. The Labute approximate surface area is 196 Å². The molecule has 182 valence electrons. The highest BCUT2D eigenvalue weighted by Crippen LogP contribution is 2.39. The van der Waals surface area contributed by atoms with Crippen molar-refractivity contribution in [2.45, 2.75) is 95.9 Å². The monoisotopic (exact) mass is 459 g/mol. The average Bonchev–Trinajstić information content (AvgIpc) is 2.76. The summed E-state index contributed by atoms with van der Waals surface area (Å²) >= 11 is 0. The molecule has 8 heteroatoms. The van der Waals surface area contributed by atoms with E-state index in [0.29, 0.717) is 24.9 Å². The van der Waals surface area contributed by atoms with Crippen molar-refractivity contribution in [2.75, 3.05) is 19.8 Å². The van der Waals surface area contributed by atoms with Crippen molar-refractivity contribution in [3.8, 4) is 5.88 Å². The molecule has 0 spiro atoms. The van der Waals surface area contributed by atoms with Crippen molar-refractivity contribution in [1.82, 2.24) is 15.2 Å². The number of aryl methyl sites for hydroxylation is 1. The first kappa shape index (κ1) is 23.8. The lowest BCUT2D eigenvalue weighted by Crippen LogP contribution is -2.60. The zero-order chi connectivity index (χ0) is 23.6. The Balaban J connectivity index is 1.56. The maximum Gasteiger partial charge on any atom is 0.407 e. The van der Waals surface area contributed by atoms with Gasteiger partial charge in [-0.1, -0.05) is 0 Å². The number of pyridine rings is 1. The third kappa shape index (κ3) is 5.78. The summed E-state index contributed by atoms with van der Waals surface area (Å²) in [6.45, 7) is 8.54. The number of carbonyl (C=O) groups excluding carboxylic acids is 2. The van der Waals surface area contributed by atoms with Crippen LogP contribution in [0.2, 0.25) is 0 Å². The number of carbonyl (C=O) groups is 2. The van der Waals surface area contributed by atoms with Crippen LogP contribution in [0, 0.1) is 6.92 Å². The highest BCUT2D eigenvalue weighted by atomic mass is 16.6. The van der Waals surface area contributed by atoms with E-state index >= 15 is 0 Å². The first-order valence-electron chi connectivity index (χ1n) is 12.2. The van der Waals surface area contributed by atoms with Crippen LogP contribution in [-0.4, -0.2) is 65.4 Å². The summed E-state index contributed by atoms with van der Waals surface area (Å²) in [5, 5.41) is 3.00. The second kappa shape index (κ2) is 9.87. The average molecular weight is 460 g/mol. The van der Waals surface area contributed by atoms with Crippen molar-refractivity contribution in [3.63, 3.8) is 0 Å². The number of fused-ring (bicyclic) bond motifs is 5. The SMILES string of the molecule is Cc1ccnc2c1[C@H]1CC[C@H](CC1)OCC1C(NC(=O)OC(C)(C)C)CCCN1C(=O)CO2. The minimum Gasteiger partial charge on any atom is -0.467 e. The largest absolute Gasteiger partial charge is 0.467 e. The molecule has 1 aromatic heterocycles. The van der Waals surface area contributed by atoms with Crippen molar-refractivity contribution in [1.29, 1.82) is 0 Å². The molecule has 8 nitrogen and oxygen atoms in total. The fourth-order valence-electron chi connectivity index (χ4n) is 5.32. The van der Waals surface area contributed by atoms with Gasteiger partial charge in [-0.3, -0.25) is 4.79 Å². The van der Waals surface area contributed by atoms with Crippen LogP contribution in [0.5, 0.6) is 5.88 Å². The van der Waals surface area contributed by atoms with Gasteiger partial charge in [-0.2, -0.15) is 0 Å². The molecule has 2 atom stereocenters. The zero-order valence-corrected chi connectivity index (χ0v) is 20.3. The third-order valence-corrected chi connectivity index (χ3v) is 6.89. The molecule has 2 bridgehead atoms. The molecule has 0 aromatic carbocycles. The molecule has 4 aliphatic rings. The second-order valence-corrected chi connectivity index (χ2v) is 10.5. The van der Waals surface area contributed by atoms with Crippen molar-refractivity contribution in [3.05, 3.63) is 23.4 Å². The van der Waals surface area contributed by atoms with Crippen LogP contribution in [0.1, 0.15) is 76.3 Å². The number of nitrogens with zero attached hydrogens (tertiary/aromatic N) is 2. The molecule has 2 fully saturated rings. The lowest BCUT2D eigenvalue weighted by molar-refractivity contribution is -0.141. The Hall–Kier alpha value is -2.35. The zero-order valence-electron chi connectivity index (χ0n) is 20.3. The van der Waals surface area contributed by atoms with Gasteiger partial charge in [-0.05, 0) is 83.8 Å². The van der Waals surface area contributed by atoms with Gasteiger partial charge in [-0.25, -0.2) is 9.78 Å². The van der Waals surface area contributed by atoms with Gasteiger partial charge in [0.1, 0.15) is 5.60 Å². The molecule has 1 saturated heterocycles. The number of hydrogen-bond donors (Lipinski definition) is 1. The molecule has 0 radical (unpaired) electrons. The van der Waals surface area contributed by atoms with Crippen LogP contribution >= 0.6 is 0 Å². The van der Waals surface area contributed by atoms with Crippen LogP contribution in [-0.2, 0) is 14.3 Å². The van der Waals surface area contributed by atoms with Crippen LogP contribution in [0.25, 0.3) is 0 Å².